The number of halogens is 1. The summed E-state index contributed by atoms with van der Waals surface area (Å²) in [4.78, 5) is 0. The highest BCUT2D eigenvalue weighted by Crippen LogP contribution is 2.39. The number of aryl methyl sites for hydroxylation is 1. The van der Waals surface area contributed by atoms with Crippen molar-refractivity contribution in [1.82, 2.24) is 5.32 Å². The molecule has 3 rings (SSSR count). The van der Waals surface area contributed by atoms with Crippen molar-refractivity contribution < 1.29 is 4.74 Å². The van der Waals surface area contributed by atoms with Crippen LogP contribution in [0.2, 0.25) is 0 Å². The number of benzene rings is 1. The van der Waals surface area contributed by atoms with Crippen molar-refractivity contribution in [3.05, 3.63) is 27.2 Å². The summed E-state index contributed by atoms with van der Waals surface area (Å²) in [6, 6.07) is 3.01. The standard InChI is InChI=1S/C16H22BrNO/c1-19-16-12(10-13-6-2-3-8-18-13)9-11-5-4-7-14(11)15(16)17/h9,13,18H,2-8,10H2,1H3. The highest BCUT2D eigenvalue weighted by atomic mass is 79.9. The molecule has 0 bridgehead atoms. The van der Waals surface area contributed by atoms with Crippen molar-refractivity contribution in [2.75, 3.05) is 13.7 Å². The summed E-state index contributed by atoms with van der Waals surface area (Å²) in [5, 5.41) is 3.64. The number of ether oxygens (including phenoxy) is 1. The molecule has 0 radical (unpaired) electrons. The summed E-state index contributed by atoms with van der Waals surface area (Å²) in [5.41, 5.74) is 4.37. The largest absolute Gasteiger partial charge is 0.495 e. The summed E-state index contributed by atoms with van der Waals surface area (Å²) in [7, 11) is 1.79. The second kappa shape index (κ2) is 5.84. The Morgan fingerprint density at radius 3 is 2.95 bits per heavy atom. The summed E-state index contributed by atoms with van der Waals surface area (Å²) in [6.07, 6.45) is 8.75. The van der Waals surface area contributed by atoms with Crippen LogP contribution in [0.5, 0.6) is 5.75 Å². The second-order valence-corrected chi connectivity index (χ2v) is 6.52. The van der Waals surface area contributed by atoms with Gasteiger partial charge in [0, 0.05) is 6.04 Å². The molecule has 1 saturated heterocycles. The van der Waals surface area contributed by atoms with Gasteiger partial charge in [-0.25, -0.2) is 0 Å². The number of fused-ring (bicyclic) bond motifs is 1. The van der Waals surface area contributed by atoms with Crippen molar-refractivity contribution in [3.8, 4) is 5.75 Å². The number of piperidine rings is 1. The fraction of sp³-hybridized carbons (Fsp3) is 0.625. The molecule has 1 aromatic carbocycles. The third-order valence-corrected chi connectivity index (χ3v) is 5.29. The molecule has 1 heterocycles. The summed E-state index contributed by atoms with van der Waals surface area (Å²) in [6.45, 7) is 1.17. The van der Waals surface area contributed by atoms with Crippen molar-refractivity contribution in [2.45, 2.75) is 51.0 Å². The van der Waals surface area contributed by atoms with Crippen molar-refractivity contribution in [2.24, 2.45) is 0 Å². The van der Waals surface area contributed by atoms with Crippen molar-refractivity contribution >= 4 is 15.9 Å². The normalized spacial score (nSPS) is 22.3. The monoisotopic (exact) mass is 323 g/mol. The molecule has 2 aliphatic rings. The molecule has 1 N–H and O–H groups in total. The SMILES string of the molecule is COc1c(CC2CCCCN2)cc2c(c1Br)CCC2. The minimum absolute atomic E-state index is 0.619. The molecule has 19 heavy (non-hydrogen) atoms. The Hall–Kier alpha value is -0.540. The van der Waals surface area contributed by atoms with Crippen LogP contribution in [0.15, 0.2) is 10.5 Å². The first-order chi connectivity index (χ1) is 9.29. The van der Waals surface area contributed by atoms with E-state index < -0.39 is 0 Å². The van der Waals surface area contributed by atoms with Gasteiger partial charge in [-0.3, -0.25) is 0 Å². The van der Waals surface area contributed by atoms with Crippen LogP contribution in [0.1, 0.15) is 42.4 Å². The van der Waals surface area contributed by atoms with E-state index in [0.717, 1.165) is 12.2 Å². The molecule has 0 spiro atoms. The van der Waals surface area contributed by atoms with Crippen LogP contribution in [0.4, 0.5) is 0 Å². The average Bonchev–Trinajstić information content (AvgIpc) is 2.89. The molecule has 0 amide bonds. The molecule has 1 aliphatic heterocycles. The van der Waals surface area contributed by atoms with Gasteiger partial charge in [0.2, 0.25) is 0 Å². The van der Waals surface area contributed by atoms with Gasteiger partial charge in [0.25, 0.3) is 0 Å². The lowest BCUT2D eigenvalue weighted by Gasteiger charge is -2.25. The van der Waals surface area contributed by atoms with Crippen LogP contribution in [0.25, 0.3) is 0 Å². The Balaban J connectivity index is 1.89. The number of hydrogen-bond donors (Lipinski definition) is 1. The number of nitrogens with one attached hydrogen (secondary N) is 1. The fourth-order valence-electron chi connectivity index (χ4n) is 3.47. The Morgan fingerprint density at radius 2 is 2.21 bits per heavy atom. The summed E-state index contributed by atoms with van der Waals surface area (Å²) >= 11 is 3.76. The lowest BCUT2D eigenvalue weighted by atomic mass is 9.95. The average molecular weight is 324 g/mol. The first kappa shape index (κ1) is 13.4. The van der Waals surface area contributed by atoms with E-state index >= 15 is 0 Å². The van der Waals surface area contributed by atoms with Gasteiger partial charge in [-0.05, 0) is 77.7 Å². The van der Waals surface area contributed by atoms with E-state index in [9.17, 15) is 0 Å². The zero-order valence-electron chi connectivity index (χ0n) is 11.6. The van der Waals surface area contributed by atoms with E-state index in [1.165, 1.54) is 66.2 Å². The third-order valence-electron chi connectivity index (χ3n) is 4.45. The maximum Gasteiger partial charge on any atom is 0.136 e. The molecular formula is C16H22BrNO. The van der Waals surface area contributed by atoms with Gasteiger partial charge in [0.05, 0.1) is 11.6 Å². The molecule has 1 atom stereocenters. The van der Waals surface area contributed by atoms with Crippen molar-refractivity contribution in [3.63, 3.8) is 0 Å². The van der Waals surface area contributed by atoms with Crippen molar-refractivity contribution in [1.29, 1.82) is 0 Å². The smallest absolute Gasteiger partial charge is 0.136 e. The summed E-state index contributed by atoms with van der Waals surface area (Å²) in [5.74, 6) is 1.06. The Kier molecular flexibility index (Phi) is 4.13. The van der Waals surface area contributed by atoms with E-state index in [4.69, 9.17) is 4.74 Å². The quantitative estimate of drug-likeness (QED) is 0.917. The van der Waals surface area contributed by atoms with Crippen LogP contribution < -0.4 is 10.1 Å². The van der Waals surface area contributed by atoms with Gasteiger partial charge in [0.1, 0.15) is 5.75 Å². The van der Waals surface area contributed by atoms with Gasteiger partial charge in [-0.15, -0.1) is 0 Å². The summed E-state index contributed by atoms with van der Waals surface area (Å²) < 4.78 is 6.87. The number of hydrogen-bond acceptors (Lipinski definition) is 2. The molecular weight excluding hydrogens is 302 g/mol. The van der Waals surface area contributed by atoms with Crippen LogP contribution >= 0.6 is 15.9 Å². The predicted molar refractivity (Wildman–Crippen MR) is 82.1 cm³/mol. The molecule has 0 aromatic heterocycles. The maximum atomic E-state index is 5.67. The maximum absolute atomic E-state index is 5.67. The minimum Gasteiger partial charge on any atom is -0.495 e. The Bertz CT molecular complexity index is 466. The molecule has 1 aliphatic carbocycles. The van der Waals surface area contributed by atoms with Crippen LogP contribution in [0, 0.1) is 0 Å². The molecule has 2 nitrogen and oxygen atoms in total. The van der Waals surface area contributed by atoms with Gasteiger partial charge < -0.3 is 10.1 Å². The first-order valence-electron chi connectivity index (χ1n) is 7.40. The third kappa shape index (κ3) is 2.68. The molecule has 1 fully saturated rings. The Morgan fingerprint density at radius 1 is 1.32 bits per heavy atom. The van der Waals surface area contributed by atoms with Gasteiger partial charge in [-0.2, -0.15) is 0 Å². The van der Waals surface area contributed by atoms with Crippen LogP contribution in [0.3, 0.4) is 0 Å². The Labute approximate surface area is 124 Å². The zero-order chi connectivity index (χ0) is 13.2. The van der Waals surface area contributed by atoms with Gasteiger partial charge in [0.15, 0.2) is 0 Å². The first-order valence-corrected chi connectivity index (χ1v) is 8.19. The molecule has 3 heteroatoms. The van der Waals surface area contributed by atoms with Crippen LogP contribution in [-0.4, -0.2) is 19.7 Å². The molecule has 0 saturated carbocycles. The number of methoxy groups -OCH3 is 1. The topological polar surface area (TPSA) is 21.3 Å². The predicted octanol–water partition coefficient (Wildman–Crippen LogP) is 3.63. The van der Waals surface area contributed by atoms with E-state index in [2.05, 4.69) is 27.3 Å². The fourth-order valence-corrected chi connectivity index (χ4v) is 4.34. The van der Waals surface area contributed by atoms with Gasteiger partial charge in [-0.1, -0.05) is 12.5 Å². The van der Waals surface area contributed by atoms with Gasteiger partial charge >= 0.3 is 0 Å². The lowest BCUT2D eigenvalue weighted by molar-refractivity contribution is 0.380. The van der Waals surface area contributed by atoms with E-state index in [0.29, 0.717) is 6.04 Å². The number of rotatable bonds is 3. The van der Waals surface area contributed by atoms with E-state index in [-0.39, 0.29) is 0 Å². The second-order valence-electron chi connectivity index (χ2n) is 5.73. The zero-order valence-corrected chi connectivity index (χ0v) is 13.2. The van der Waals surface area contributed by atoms with Crippen LogP contribution in [-0.2, 0) is 19.3 Å². The highest BCUT2D eigenvalue weighted by Gasteiger charge is 2.22. The van der Waals surface area contributed by atoms with E-state index in [1.54, 1.807) is 7.11 Å². The molecule has 104 valence electrons. The highest BCUT2D eigenvalue weighted by molar-refractivity contribution is 9.10. The molecule has 1 aromatic rings. The molecule has 1 unspecified atom stereocenters. The lowest BCUT2D eigenvalue weighted by Crippen LogP contribution is -2.35. The van der Waals surface area contributed by atoms with E-state index in [1.807, 2.05) is 0 Å². The minimum atomic E-state index is 0.619.